The number of anilines is 1. The van der Waals surface area contributed by atoms with Crippen molar-refractivity contribution in [3.8, 4) is 0 Å². The highest BCUT2D eigenvalue weighted by molar-refractivity contribution is 5.56. The molecule has 2 atom stereocenters. The summed E-state index contributed by atoms with van der Waals surface area (Å²) in [5, 5.41) is 3.13. The lowest BCUT2D eigenvalue weighted by Crippen LogP contribution is -2.29. The average Bonchev–Trinajstić information content (AvgIpc) is 2.74. The molecule has 1 heterocycles. The molecule has 1 aromatic carbocycles. The second-order valence-electron chi connectivity index (χ2n) is 4.87. The Bertz CT molecular complexity index is 392. The van der Waals surface area contributed by atoms with E-state index in [2.05, 4.69) is 17.1 Å². The van der Waals surface area contributed by atoms with Crippen LogP contribution in [0.15, 0.2) is 18.2 Å². The first-order chi connectivity index (χ1) is 8.15. The Hall–Kier alpha value is -1.09. The molecule has 1 aliphatic heterocycles. The smallest absolute Gasteiger partial charge is 0.130 e. The van der Waals surface area contributed by atoms with E-state index in [1.807, 2.05) is 26.1 Å². The molecule has 0 saturated carbocycles. The van der Waals surface area contributed by atoms with E-state index in [0.717, 1.165) is 17.8 Å². The van der Waals surface area contributed by atoms with Gasteiger partial charge >= 0.3 is 0 Å². The lowest BCUT2D eigenvalue weighted by Gasteiger charge is -2.28. The lowest BCUT2D eigenvalue weighted by atomic mass is 10.0. The zero-order valence-electron chi connectivity index (χ0n) is 10.8. The molecule has 17 heavy (non-hydrogen) atoms. The summed E-state index contributed by atoms with van der Waals surface area (Å²) in [6.07, 6.45) is 2.40. The highest BCUT2D eigenvalue weighted by atomic mass is 19.1. The molecule has 0 radical (unpaired) electrons. The molecule has 1 aliphatic rings. The molecule has 94 valence electrons. The molecule has 2 nitrogen and oxygen atoms in total. The van der Waals surface area contributed by atoms with Gasteiger partial charge in [-0.3, -0.25) is 0 Å². The van der Waals surface area contributed by atoms with Gasteiger partial charge in [-0.05, 0) is 45.9 Å². The fourth-order valence-electron chi connectivity index (χ4n) is 2.64. The molecule has 0 bridgehead atoms. The second-order valence-corrected chi connectivity index (χ2v) is 4.87. The van der Waals surface area contributed by atoms with Gasteiger partial charge in [0.05, 0.1) is 0 Å². The van der Waals surface area contributed by atoms with Gasteiger partial charge in [-0.1, -0.05) is 6.07 Å². The summed E-state index contributed by atoms with van der Waals surface area (Å²) >= 11 is 0. The van der Waals surface area contributed by atoms with E-state index in [4.69, 9.17) is 0 Å². The molecule has 2 rings (SSSR count). The van der Waals surface area contributed by atoms with E-state index in [9.17, 15) is 4.39 Å². The van der Waals surface area contributed by atoms with Crippen molar-refractivity contribution in [2.75, 3.05) is 18.5 Å². The van der Waals surface area contributed by atoms with Crippen molar-refractivity contribution < 1.29 is 4.39 Å². The average molecular weight is 236 g/mol. The second kappa shape index (κ2) is 5.05. The van der Waals surface area contributed by atoms with Gasteiger partial charge < -0.3 is 10.2 Å². The van der Waals surface area contributed by atoms with Crippen LogP contribution in [-0.2, 0) is 0 Å². The van der Waals surface area contributed by atoms with Gasteiger partial charge in [-0.2, -0.15) is 0 Å². The van der Waals surface area contributed by atoms with Crippen molar-refractivity contribution in [3.05, 3.63) is 29.6 Å². The molecule has 0 amide bonds. The zero-order valence-corrected chi connectivity index (χ0v) is 10.8. The molecule has 0 spiro atoms. The van der Waals surface area contributed by atoms with Gasteiger partial charge in [-0.15, -0.1) is 0 Å². The van der Waals surface area contributed by atoms with Crippen molar-refractivity contribution in [1.29, 1.82) is 0 Å². The van der Waals surface area contributed by atoms with Crippen LogP contribution in [0, 0.1) is 5.82 Å². The highest BCUT2D eigenvalue weighted by Crippen LogP contribution is 2.33. The third kappa shape index (κ3) is 2.29. The summed E-state index contributed by atoms with van der Waals surface area (Å²) in [4.78, 5) is 2.33. The Kier molecular flexibility index (Phi) is 3.67. The van der Waals surface area contributed by atoms with Crippen LogP contribution in [0.2, 0.25) is 0 Å². The summed E-state index contributed by atoms with van der Waals surface area (Å²) in [7, 11) is 1.87. The maximum Gasteiger partial charge on any atom is 0.130 e. The number of nitrogens with one attached hydrogen (secondary N) is 1. The topological polar surface area (TPSA) is 15.3 Å². The molecule has 1 N–H and O–H groups in total. The SMILES string of the molecule is CNC(C)c1c(F)cccc1N1CCCC1C. The monoisotopic (exact) mass is 236 g/mol. The normalized spacial score (nSPS) is 21.9. The fourth-order valence-corrected chi connectivity index (χ4v) is 2.64. The molecule has 0 aromatic heterocycles. The third-order valence-electron chi connectivity index (χ3n) is 3.76. The van der Waals surface area contributed by atoms with Gasteiger partial charge in [0.15, 0.2) is 0 Å². The number of hydrogen-bond acceptors (Lipinski definition) is 2. The number of hydrogen-bond donors (Lipinski definition) is 1. The Morgan fingerprint density at radius 1 is 1.47 bits per heavy atom. The summed E-state index contributed by atoms with van der Waals surface area (Å²) in [5.41, 5.74) is 1.85. The standard InChI is InChI=1S/C14H21FN2/c1-10-6-5-9-17(10)13-8-4-7-12(15)14(13)11(2)16-3/h4,7-8,10-11,16H,5-6,9H2,1-3H3. The molecular formula is C14H21FN2. The quantitative estimate of drug-likeness (QED) is 0.867. The first-order valence-electron chi connectivity index (χ1n) is 6.37. The van der Waals surface area contributed by atoms with E-state index in [0.29, 0.717) is 6.04 Å². The summed E-state index contributed by atoms with van der Waals surface area (Å²) in [5.74, 6) is -0.108. The van der Waals surface area contributed by atoms with Crippen LogP contribution in [0.1, 0.15) is 38.3 Å². The molecule has 3 heteroatoms. The minimum atomic E-state index is -0.108. The predicted molar refractivity (Wildman–Crippen MR) is 69.9 cm³/mol. The maximum atomic E-state index is 14.0. The Morgan fingerprint density at radius 2 is 2.24 bits per heavy atom. The molecule has 1 fully saturated rings. The van der Waals surface area contributed by atoms with Crippen molar-refractivity contribution >= 4 is 5.69 Å². The first kappa shape index (κ1) is 12.4. The minimum absolute atomic E-state index is 0.0407. The van der Waals surface area contributed by atoms with Gasteiger partial charge in [0.25, 0.3) is 0 Å². The fraction of sp³-hybridized carbons (Fsp3) is 0.571. The van der Waals surface area contributed by atoms with Gasteiger partial charge in [-0.25, -0.2) is 4.39 Å². The Balaban J connectivity index is 2.42. The zero-order chi connectivity index (χ0) is 12.4. The van der Waals surface area contributed by atoms with E-state index < -0.39 is 0 Å². The largest absolute Gasteiger partial charge is 0.368 e. The molecule has 1 saturated heterocycles. The number of benzene rings is 1. The molecular weight excluding hydrogens is 215 g/mol. The number of rotatable bonds is 3. The first-order valence-corrected chi connectivity index (χ1v) is 6.37. The van der Waals surface area contributed by atoms with Gasteiger partial charge in [0.1, 0.15) is 5.82 Å². The van der Waals surface area contributed by atoms with Crippen molar-refractivity contribution in [1.82, 2.24) is 5.32 Å². The maximum absolute atomic E-state index is 14.0. The third-order valence-corrected chi connectivity index (χ3v) is 3.76. The van der Waals surface area contributed by atoms with Gasteiger partial charge in [0, 0.05) is 29.9 Å². The molecule has 1 aromatic rings. The van der Waals surface area contributed by atoms with Crippen LogP contribution in [-0.4, -0.2) is 19.6 Å². The van der Waals surface area contributed by atoms with Crippen molar-refractivity contribution in [3.63, 3.8) is 0 Å². The van der Waals surface area contributed by atoms with Crippen molar-refractivity contribution in [2.24, 2.45) is 0 Å². The van der Waals surface area contributed by atoms with Crippen molar-refractivity contribution in [2.45, 2.75) is 38.8 Å². The lowest BCUT2D eigenvalue weighted by molar-refractivity contribution is 0.559. The van der Waals surface area contributed by atoms with Crippen LogP contribution >= 0.6 is 0 Å². The van der Waals surface area contributed by atoms with E-state index in [1.165, 1.54) is 12.8 Å². The van der Waals surface area contributed by atoms with Crippen LogP contribution in [0.5, 0.6) is 0 Å². The summed E-state index contributed by atoms with van der Waals surface area (Å²) < 4.78 is 14.0. The Labute approximate surface area is 103 Å². The minimum Gasteiger partial charge on any atom is -0.368 e. The van der Waals surface area contributed by atoms with Crippen LogP contribution < -0.4 is 10.2 Å². The van der Waals surface area contributed by atoms with E-state index >= 15 is 0 Å². The van der Waals surface area contributed by atoms with E-state index in [-0.39, 0.29) is 11.9 Å². The van der Waals surface area contributed by atoms with Crippen LogP contribution in [0.25, 0.3) is 0 Å². The van der Waals surface area contributed by atoms with Crippen LogP contribution in [0.3, 0.4) is 0 Å². The molecule has 0 aliphatic carbocycles. The predicted octanol–water partition coefficient (Wildman–Crippen LogP) is 3.09. The van der Waals surface area contributed by atoms with Gasteiger partial charge in [0.2, 0.25) is 0 Å². The highest BCUT2D eigenvalue weighted by Gasteiger charge is 2.25. The van der Waals surface area contributed by atoms with E-state index in [1.54, 1.807) is 6.07 Å². The summed E-state index contributed by atoms with van der Waals surface area (Å²) in [6.45, 7) is 5.25. The molecule has 2 unspecified atom stereocenters. The number of halogens is 1. The number of nitrogens with zero attached hydrogens (tertiary/aromatic N) is 1. The van der Waals surface area contributed by atoms with Crippen LogP contribution in [0.4, 0.5) is 10.1 Å². The summed E-state index contributed by atoms with van der Waals surface area (Å²) in [6, 6.07) is 5.95. The Morgan fingerprint density at radius 3 is 2.82 bits per heavy atom.